The molecule has 2 aromatic carbocycles. The van der Waals surface area contributed by atoms with Crippen LogP contribution in [0.3, 0.4) is 0 Å². The van der Waals surface area contributed by atoms with Gasteiger partial charge in [-0.25, -0.2) is 4.79 Å². The zero-order chi connectivity index (χ0) is 18.5. The van der Waals surface area contributed by atoms with Gasteiger partial charge in [0.25, 0.3) is 5.91 Å². The average molecular weight is 353 g/mol. The number of carbonyl (C=O) groups excluding carboxylic acids is 2. The van der Waals surface area contributed by atoms with Gasteiger partial charge in [-0.05, 0) is 55.7 Å². The van der Waals surface area contributed by atoms with Crippen LogP contribution >= 0.6 is 0 Å². The van der Waals surface area contributed by atoms with Crippen molar-refractivity contribution in [2.24, 2.45) is 0 Å². The number of nitrogen functional groups attached to an aromatic ring is 1. The molecule has 3 rings (SSSR count). The number of carbonyl (C=O) groups is 2. The molecular weight excluding hydrogens is 330 g/mol. The number of rotatable bonds is 5. The van der Waals surface area contributed by atoms with Crippen molar-refractivity contribution in [3.8, 4) is 0 Å². The number of nitrogens with zero attached hydrogens (tertiary/aromatic N) is 1. The molecule has 136 valence electrons. The van der Waals surface area contributed by atoms with Gasteiger partial charge in [0.05, 0.1) is 5.56 Å². The lowest BCUT2D eigenvalue weighted by Crippen LogP contribution is -2.21. The number of hydrogen-bond donors (Lipinski definition) is 2. The molecule has 26 heavy (non-hydrogen) atoms. The molecule has 0 spiro atoms. The maximum Gasteiger partial charge on any atom is 0.340 e. The van der Waals surface area contributed by atoms with Crippen molar-refractivity contribution in [1.82, 2.24) is 0 Å². The molecule has 1 aliphatic rings. The fourth-order valence-electron chi connectivity index (χ4n) is 3.00. The maximum atomic E-state index is 12.1. The van der Waals surface area contributed by atoms with Gasteiger partial charge >= 0.3 is 5.97 Å². The van der Waals surface area contributed by atoms with Gasteiger partial charge in [-0.15, -0.1) is 0 Å². The maximum absolute atomic E-state index is 12.1. The van der Waals surface area contributed by atoms with E-state index in [0.29, 0.717) is 11.4 Å². The highest BCUT2D eigenvalue weighted by atomic mass is 16.5. The Morgan fingerprint density at radius 2 is 1.81 bits per heavy atom. The number of hydrogen-bond acceptors (Lipinski definition) is 5. The molecule has 0 aliphatic carbocycles. The van der Waals surface area contributed by atoms with E-state index in [1.165, 1.54) is 12.8 Å². The van der Waals surface area contributed by atoms with Crippen molar-refractivity contribution in [1.29, 1.82) is 0 Å². The first-order valence-electron chi connectivity index (χ1n) is 8.71. The lowest BCUT2D eigenvalue weighted by molar-refractivity contribution is -0.119. The Hall–Kier alpha value is -3.02. The number of esters is 1. The summed E-state index contributed by atoms with van der Waals surface area (Å²) in [6.45, 7) is 3.60. The molecule has 1 heterocycles. The Labute approximate surface area is 152 Å². The molecule has 0 atom stereocenters. The van der Waals surface area contributed by atoms with E-state index in [4.69, 9.17) is 10.5 Å². The van der Waals surface area contributed by atoms with E-state index in [2.05, 4.69) is 10.2 Å². The zero-order valence-electron chi connectivity index (χ0n) is 14.8. The standard InChI is InChI=1S/C20H23N3O3/c1-14-5-4-6-17(19(14)21)20(25)26-13-18(24)22-15-7-9-16(10-8-15)23-11-2-3-12-23/h4-10H,2-3,11-13,21H2,1H3,(H,22,24). The van der Waals surface area contributed by atoms with Crippen LogP contribution in [0, 0.1) is 6.92 Å². The molecule has 0 bridgehead atoms. The van der Waals surface area contributed by atoms with E-state index < -0.39 is 11.9 Å². The van der Waals surface area contributed by atoms with E-state index in [1.54, 1.807) is 12.1 Å². The molecule has 0 aromatic heterocycles. The predicted octanol–water partition coefficient (Wildman–Crippen LogP) is 2.97. The summed E-state index contributed by atoms with van der Waals surface area (Å²) in [7, 11) is 0. The molecule has 0 saturated carbocycles. The summed E-state index contributed by atoms with van der Waals surface area (Å²) in [5, 5.41) is 2.73. The Morgan fingerprint density at radius 3 is 2.50 bits per heavy atom. The quantitative estimate of drug-likeness (QED) is 0.638. The highest BCUT2D eigenvalue weighted by Crippen LogP contribution is 2.22. The Kier molecular flexibility index (Phi) is 5.41. The second-order valence-corrected chi connectivity index (χ2v) is 6.40. The summed E-state index contributed by atoms with van der Waals surface area (Å²) in [6.07, 6.45) is 2.44. The summed E-state index contributed by atoms with van der Waals surface area (Å²) >= 11 is 0. The van der Waals surface area contributed by atoms with E-state index in [9.17, 15) is 9.59 Å². The van der Waals surface area contributed by atoms with Crippen LogP contribution in [0.4, 0.5) is 17.1 Å². The van der Waals surface area contributed by atoms with Crippen LogP contribution in [0.2, 0.25) is 0 Å². The van der Waals surface area contributed by atoms with Gasteiger partial charge < -0.3 is 20.7 Å². The van der Waals surface area contributed by atoms with Crippen LogP contribution in [-0.4, -0.2) is 31.6 Å². The lowest BCUT2D eigenvalue weighted by atomic mass is 10.1. The van der Waals surface area contributed by atoms with Crippen molar-refractivity contribution >= 4 is 28.9 Å². The Balaban J connectivity index is 1.52. The number of aryl methyl sites for hydroxylation is 1. The predicted molar refractivity (Wildman–Crippen MR) is 102 cm³/mol. The highest BCUT2D eigenvalue weighted by molar-refractivity contribution is 5.98. The second kappa shape index (κ2) is 7.91. The number of anilines is 3. The molecule has 0 unspecified atom stereocenters. The Bertz CT molecular complexity index is 796. The van der Waals surface area contributed by atoms with Crippen molar-refractivity contribution in [3.05, 3.63) is 53.6 Å². The van der Waals surface area contributed by atoms with Crippen molar-refractivity contribution in [2.75, 3.05) is 35.6 Å². The molecule has 1 saturated heterocycles. The highest BCUT2D eigenvalue weighted by Gasteiger charge is 2.15. The van der Waals surface area contributed by atoms with Crippen molar-refractivity contribution in [2.45, 2.75) is 19.8 Å². The minimum atomic E-state index is -0.606. The largest absolute Gasteiger partial charge is 0.452 e. The number of para-hydroxylation sites is 1. The normalized spacial score (nSPS) is 13.5. The topological polar surface area (TPSA) is 84.7 Å². The SMILES string of the molecule is Cc1cccc(C(=O)OCC(=O)Nc2ccc(N3CCCC3)cc2)c1N. The van der Waals surface area contributed by atoms with Crippen LogP contribution < -0.4 is 16.0 Å². The minimum Gasteiger partial charge on any atom is -0.452 e. The van der Waals surface area contributed by atoms with Crippen molar-refractivity contribution < 1.29 is 14.3 Å². The van der Waals surface area contributed by atoms with E-state index in [1.807, 2.05) is 37.3 Å². The third-order valence-electron chi connectivity index (χ3n) is 4.50. The van der Waals surface area contributed by atoms with Crippen LogP contribution in [0.5, 0.6) is 0 Å². The van der Waals surface area contributed by atoms with Gasteiger partial charge in [-0.1, -0.05) is 12.1 Å². The van der Waals surface area contributed by atoms with Gasteiger partial charge in [0.1, 0.15) is 0 Å². The third kappa shape index (κ3) is 4.14. The monoisotopic (exact) mass is 353 g/mol. The molecule has 1 amide bonds. The van der Waals surface area contributed by atoms with Gasteiger partial charge in [0, 0.05) is 30.2 Å². The van der Waals surface area contributed by atoms with E-state index >= 15 is 0 Å². The summed E-state index contributed by atoms with van der Waals surface area (Å²) < 4.78 is 5.06. The van der Waals surface area contributed by atoms with Crippen LogP contribution in [0.15, 0.2) is 42.5 Å². The fraction of sp³-hybridized carbons (Fsp3) is 0.300. The van der Waals surface area contributed by atoms with Gasteiger partial charge in [0.15, 0.2) is 6.61 Å². The smallest absolute Gasteiger partial charge is 0.340 e. The number of benzene rings is 2. The lowest BCUT2D eigenvalue weighted by Gasteiger charge is -2.17. The van der Waals surface area contributed by atoms with E-state index in [0.717, 1.165) is 24.3 Å². The molecule has 6 heteroatoms. The van der Waals surface area contributed by atoms with Gasteiger partial charge in [-0.2, -0.15) is 0 Å². The molecule has 3 N–H and O–H groups in total. The first-order valence-corrected chi connectivity index (χ1v) is 8.71. The first-order chi connectivity index (χ1) is 12.5. The number of nitrogens with one attached hydrogen (secondary N) is 1. The van der Waals surface area contributed by atoms with E-state index in [-0.39, 0.29) is 12.2 Å². The van der Waals surface area contributed by atoms with Crippen molar-refractivity contribution in [3.63, 3.8) is 0 Å². The second-order valence-electron chi connectivity index (χ2n) is 6.40. The third-order valence-corrected chi connectivity index (χ3v) is 4.50. The summed E-state index contributed by atoms with van der Waals surface area (Å²) in [6, 6.07) is 12.8. The zero-order valence-corrected chi connectivity index (χ0v) is 14.8. The summed E-state index contributed by atoms with van der Waals surface area (Å²) in [5.41, 5.74) is 9.13. The summed E-state index contributed by atoms with van der Waals surface area (Å²) in [5.74, 6) is -0.996. The molecule has 2 aromatic rings. The molecule has 6 nitrogen and oxygen atoms in total. The Morgan fingerprint density at radius 1 is 1.12 bits per heavy atom. The molecule has 0 radical (unpaired) electrons. The fourth-order valence-corrected chi connectivity index (χ4v) is 3.00. The number of nitrogens with two attached hydrogens (primary N) is 1. The first kappa shape index (κ1) is 17.8. The summed E-state index contributed by atoms with van der Waals surface area (Å²) in [4.78, 5) is 26.4. The van der Waals surface area contributed by atoms with Gasteiger partial charge in [-0.3, -0.25) is 4.79 Å². The number of amides is 1. The van der Waals surface area contributed by atoms with Crippen LogP contribution in [0.1, 0.15) is 28.8 Å². The van der Waals surface area contributed by atoms with Crippen LogP contribution in [0.25, 0.3) is 0 Å². The number of ether oxygens (including phenoxy) is 1. The minimum absolute atomic E-state index is 0.271. The average Bonchev–Trinajstić information content (AvgIpc) is 3.17. The van der Waals surface area contributed by atoms with Crippen LogP contribution in [-0.2, 0) is 9.53 Å². The molecule has 1 fully saturated rings. The molecular formula is C20H23N3O3. The van der Waals surface area contributed by atoms with Gasteiger partial charge in [0.2, 0.25) is 0 Å². The molecule has 1 aliphatic heterocycles.